The lowest BCUT2D eigenvalue weighted by Crippen LogP contribution is -2.38. The van der Waals surface area contributed by atoms with Gasteiger partial charge < -0.3 is 9.84 Å². The molecule has 1 atom stereocenters. The van der Waals surface area contributed by atoms with Crippen molar-refractivity contribution in [1.29, 1.82) is 5.53 Å². The normalized spacial score (nSPS) is 12.0. The Morgan fingerprint density at radius 2 is 1.83 bits per heavy atom. The smallest absolute Gasteiger partial charge is 0.338 e. The average molecular weight is 419 g/mol. The predicted molar refractivity (Wildman–Crippen MR) is 106 cm³/mol. The molecule has 0 aliphatic heterocycles. The van der Waals surface area contributed by atoms with E-state index in [1.165, 1.54) is 36.4 Å². The third kappa shape index (κ3) is 5.71. The van der Waals surface area contributed by atoms with Gasteiger partial charge in [0, 0.05) is 0 Å². The van der Waals surface area contributed by atoms with Crippen molar-refractivity contribution in [3.05, 3.63) is 59.7 Å². The van der Waals surface area contributed by atoms with Crippen molar-refractivity contribution >= 4 is 21.7 Å². The molecule has 2 N–H and O–H groups in total. The van der Waals surface area contributed by atoms with Crippen molar-refractivity contribution in [3.63, 3.8) is 0 Å². The van der Waals surface area contributed by atoms with Gasteiger partial charge in [0.05, 0.1) is 35.4 Å². The second-order valence-corrected chi connectivity index (χ2v) is 8.06. The van der Waals surface area contributed by atoms with E-state index in [9.17, 15) is 18.3 Å². The molecule has 0 radical (unpaired) electrons. The van der Waals surface area contributed by atoms with Gasteiger partial charge >= 0.3 is 5.97 Å². The number of nitrogens with zero attached hydrogens (tertiary/aromatic N) is 3. The SMILES string of the molecule is CCOC(=O)c1ccc(N(CC(O)CN=[N+]=N)S(=O)(=O)c2ccc(C)cc2)cc1. The lowest BCUT2D eigenvalue weighted by Gasteiger charge is -2.26. The minimum Gasteiger partial charge on any atom is -0.462 e. The summed E-state index contributed by atoms with van der Waals surface area (Å²) >= 11 is 0. The number of nitrogens with one attached hydrogen (secondary N) is 1. The van der Waals surface area contributed by atoms with Gasteiger partial charge in [-0.1, -0.05) is 17.7 Å². The minimum absolute atomic E-state index is 0.0619. The molecule has 0 heterocycles. The van der Waals surface area contributed by atoms with E-state index in [0.717, 1.165) is 9.87 Å². The fraction of sp³-hybridized carbons (Fsp3) is 0.316. The minimum atomic E-state index is -4.00. The summed E-state index contributed by atoms with van der Waals surface area (Å²) < 4.78 is 32.4. The lowest BCUT2D eigenvalue weighted by atomic mass is 10.2. The van der Waals surface area contributed by atoms with Gasteiger partial charge in [-0.3, -0.25) is 4.31 Å². The number of anilines is 1. The van der Waals surface area contributed by atoms with Crippen LogP contribution in [0.25, 0.3) is 0 Å². The van der Waals surface area contributed by atoms with Crippen LogP contribution in [0.1, 0.15) is 22.8 Å². The first-order valence-electron chi connectivity index (χ1n) is 8.87. The molecular weight excluding hydrogens is 396 g/mol. The lowest BCUT2D eigenvalue weighted by molar-refractivity contribution is 0.0526. The monoisotopic (exact) mass is 419 g/mol. The van der Waals surface area contributed by atoms with Crippen molar-refractivity contribution in [3.8, 4) is 0 Å². The molecule has 154 valence electrons. The van der Waals surface area contributed by atoms with Crippen LogP contribution in [0.3, 0.4) is 0 Å². The second kappa shape index (κ2) is 9.92. The number of aliphatic hydroxyl groups excluding tert-OH is 1. The van der Waals surface area contributed by atoms with E-state index < -0.39 is 22.1 Å². The first-order chi connectivity index (χ1) is 13.8. The van der Waals surface area contributed by atoms with E-state index in [1.807, 2.05) is 6.92 Å². The van der Waals surface area contributed by atoms with Crippen LogP contribution >= 0.6 is 0 Å². The van der Waals surface area contributed by atoms with Gasteiger partial charge in [0.15, 0.2) is 6.54 Å². The third-order valence-electron chi connectivity index (χ3n) is 4.02. The molecule has 29 heavy (non-hydrogen) atoms. The maximum atomic E-state index is 13.2. The average Bonchev–Trinajstić information content (AvgIpc) is 2.71. The molecule has 2 aromatic rings. The summed E-state index contributed by atoms with van der Waals surface area (Å²) in [5.41, 5.74) is 8.15. The number of ether oxygens (including phenoxy) is 1. The zero-order valence-corrected chi connectivity index (χ0v) is 17.0. The molecule has 1 unspecified atom stereocenters. The molecule has 0 bridgehead atoms. The largest absolute Gasteiger partial charge is 0.462 e. The summed E-state index contributed by atoms with van der Waals surface area (Å²) in [5, 5.41) is 13.6. The van der Waals surface area contributed by atoms with E-state index in [2.05, 4.69) is 10.0 Å². The number of aliphatic hydroxyl groups is 1. The summed E-state index contributed by atoms with van der Waals surface area (Å²) in [4.78, 5) is 14.7. The Hall–Kier alpha value is -3.07. The van der Waals surface area contributed by atoms with E-state index in [-0.39, 0.29) is 35.8 Å². The predicted octanol–water partition coefficient (Wildman–Crippen LogP) is 2.28. The number of hydrogen-bond acceptors (Lipinski definition) is 7. The van der Waals surface area contributed by atoms with Crippen LogP contribution in [0.15, 0.2) is 58.5 Å². The Labute approximate surface area is 169 Å². The Morgan fingerprint density at radius 1 is 1.21 bits per heavy atom. The highest BCUT2D eigenvalue weighted by molar-refractivity contribution is 7.92. The van der Waals surface area contributed by atoms with Gasteiger partial charge in [0.25, 0.3) is 10.0 Å². The number of sulfonamides is 1. The fourth-order valence-electron chi connectivity index (χ4n) is 2.54. The molecule has 2 rings (SSSR count). The molecular formula is C19H23N4O5S+. The Balaban J connectivity index is 2.42. The van der Waals surface area contributed by atoms with Crippen molar-refractivity contribution in [2.45, 2.75) is 24.8 Å². The molecule has 0 spiro atoms. The van der Waals surface area contributed by atoms with Crippen LogP contribution in [0, 0.1) is 12.5 Å². The maximum absolute atomic E-state index is 13.2. The summed E-state index contributed by atoms with van der Waals surface area (Å²) in [6.45, 7) is 3.25. The molecule has 9 nitrogen and oxygen atoms in total. The Kier molecular flexibility index (Phi) is 7.60. The van der Waals surface area contributed by atoms with Gasteiger partial charge in [-0.05, 0) is 50.2 Å². The highest BCUT2D eigenvalue weighted by Crippen LogP contribution is 2.25. The van der Waals surface area contributed by atoms with Crippen LogP contribution in [0.4, 0.5) is 5.69 Å². The highest BCUT2D eigenvalue weighted by atomic mass is 32.2. The number of benzene rings is 2. The molecule has 10 heteroatoms. The van der Waals surface area contributed by atoms with Crippen LogP contribution in [0.2, 0.25) is 0 Å². The molecule has 0 amide bonds. The van der Waals surface area contributed by atoms with Crippen LogP contribution < -0.4 is 9.22 Å². The fourth-order valence-corrected chi connectivity index (χ4v) is 4.04. The quantitative estimate of drug-likeness (QED) is 0.365. The highest BCUT2D eigenvalue weighted by Gasteiger charge is 2.28. The zero-order chi connectivity index (χ0) is 21.4. The first kappa shape index (κ1) is 22.2. The molecule has 0 fully saturated rings. The summed E-state index contributed by atoms with van der Waals surface area (Å²) in [7, 11) is -4.00. The number of carbonyl (C=O) groups excluding carboxylic acids is 1. The topological polar surface area (TPSA) is 134 Å². The molecule has 0 aliphatic rings. The zero-order valence-electron chi connectivity index (χ0n) is 16.1. The Bertz CT molecular complexity index is 984. The van der Waals surface area contributed by atoms with Crippen molar-refractivity contribution in [1.82, 2.24) is 4.91 Å². The molecule has 2 aromatic carbocycles. The van der Waals surface area contributed by atoms with Crippen molar-refractivity contribution in [2.75, 3.05) is 24.0 Å². The van der Waals surface area contributed by atoms with E-state index >= 15 is 0 Å². The summed E-state index contributed by atoms with van der Waals surface area (Å²) in [6, 6.07) is 12.2. The van der Waals surface area contributed by atoms with Crippen molar-refractivity contribution in [2.24, 2.45) is 5.11 Å². The molecule has 0 aliphatic carbocycles. The van der Waals surface area contributed by atoms with Crippen LogP contribution in [-0.2, 0) is 14.8 Å². The van der Waals surface area contributed by atoms with Crippen LogP contribution in [-0.4, -0.2) is 45.3 Å². The van der Waals surface area contributed by atoms with Gasteiger partial charge in [-0.2, -0.15) is 0 Å². The molecule has 0 aromatic heterocycles. The summed E-state index contributed by atoms with van der Waals surface area (Å²) in [6.07, 6.45) is -1.17. The number of carbonyl (C=O) groups is 1. The number of hydrogen-bond donors (Lipinski definition) is 2. The van der Waals surface area contributed by atoms with Crippen molar-refractivity contribution < 1.29 is 23.1 Å². The van der Waals surface area contributed by atoms with Gasteiger partial charge in [0.2, 0.25) is 4.91 Å². The van der Waals surface area contributed by atoms with Gasteiger partial charge in [-0.15, -0.1) is 0 Å². The number of esters is 1. The number of aryl methyl sites for hydroxylation is 1. The van der Waals surface area contributed by atoms with E-state index in [1.54, 1.807) is 19.1 Å². The first-order valence-corrected chi connectivity index (χ1v) is 10.3. The Morgan fingerprint density at radius 3 is 2.38 bits per heavy atom. The van der Waals surface area contributed by atoms with Crippen LogP contribution in [0.5, 0.6) is 0 Å². The second-order valence-electron chi connectivity index (χ2n) is 6.19. The third-order valence-corrected chi connectivity index (χ3v) is 5.82. The maximum Gasteiger partial charge on any atom is 0.338 e. The molecule has 0 saturated heterocycles. The van der Waals surface area contributed by atoms with Gasteiger partial charge in [0.1, 0.15) is 10.6 Å². The standard InChI is InChI=1S/C19H23N4O5S/c1-3-28-19(25)15-6-8-16(9-7-15)23(13-17(24)12-21-22-20)29(26,27)18-10-4-14(2)5-11-18/h4-11,17,20,24H,3,12-13H2,1-2H3/q+1. The van der Waals surface area contributed by atoms with Gasteiger partial charge in [-0.25, -0.2) is 13.2 Å². The molecule has 0 saturated carbocycles. The summed E-state index contributed by atoms with van der Waals surface area (Å²) in [5.74, 6) is -0.511. The van der Waals surface area contributed by atoms with E-state index in [0.29, 0.717) is 0 Å². The van der Waals surface area contributed by atoms with E-state index in [4.69, 9.17) is 10.3 Å². The number of rotatable bonds is 9.